The van der Waals surface area contributed by atoms with Gasteiger partial charge in [0.1, 0.15) is 6.10 Å². The lowest BCUT2D eigenvalue weighted by atomic mass is 10.2. The number of rotatable bonds is 5. The van der Waals surface area contributed by atoms with E-state index in [-0.39, 0.29) is 6.10 Å². The van der Waals surface area contributed by atoms with Gasteiger partial charge in [-0.3, -0.25) is 0 Å². The van der Waals surface area contributed by atoms with E-state index < -0.39 is 0 Å². The Morgan fingerprint density at radius 2 is 2.16 bits per heavy atom. The third-order valence-corrected chi connectivity index (χ3v) is 2.85. The van der Waals surface area contributed by atoms with Crippen molar-refractivity contribution < 1.29 is 9.26 Å². The Bertz CT molecular complexity index is 536. The predicted molar refractivity (Wildman–Crippen MR) is 73.8 cm³/mol. The Kier molecular flexibility index (Phi) is 4.39. The molecular weight excluding hydrogens is 266 g/mol. The van der Waals surface area contributed by atoms with E-state index in [2.05, 4.69) is 10.1 Å². The van der Waals surface area contributed by atoms with Crippen LogP contribution in [0.2, 0.25) is 5.02 Å². The summed E-state index contributed by atoms with van der Waals surface area (Å²) in [6.07, 6.45) is 0.629. The highest BCUT2D eigenvalue weighted by Crippen LogP contribution is 2.26. The number of nitrogen functional groups attached to an aromatic ring is 1. The zero-order chi connectivity index (χ0) is 13.8. The van der Waals surface area contributed by atoms with Crippen LogP contribution >= 0.6 is 11.6 Å². The molecule has 0 aliphatic rings. The van der Waals surface area contributed by atoms with Gasteiger partial charge in [-0.1, -0.05) is 23.7 Å². The molecule has 0 spiro atoms. The maximum atomic E-state index is 5.95. The van der Waals surface area contributed by atoms with E-state index in [4.69, 9.17) is 26.6 Å². The number of nitrogens with zero attached hydrogens (tertiary/aromatic N) is 2. The van der Waals surface area contributed by atoms with Crippen LogP contribution in [0.25, 0.3) is 11.5 Å². The number of aromatic nitrogens is 2. The van der Waals surface area contributed by atoms with E-state index in [1.807, 2.05) is 13.8 Å². The summed E-state index contributed by atoms with van der Waals surface area (Å²) in [5.41, 5.74) is 7.00. The molecular formula is C13H16ClN3O2. The second-order valence-electron chi connectivity index (χ2n) is 4.08. The van der Waals surface area contributed by atoms with Gasteiger partial charge in [0.15, 0.2) is 0 Å². The second kappa shape index (κ2) is 6.04. The number of ether oxygens (including phenoxy) is 1. The minimum Gasteiger partial charge on any atom is -0.399 e. The number of halogens is 1. The smallest absolute Gasteiger partial charge is 0.258 e. The largest absolute Gasteiger partial charge is 0.399 e. The summed E-state index contributed by atoms with van der Waals surface area (Å²) in [5, 5.41) is 4.48. The molecule has 6 heteroatoms. The molecule has 1 aromatic heterocycles. The van der Waals surface area contributed by atoms with Gasteiger partial charge in [-0.2, -0.15) is 4.98 Å². The molecule has 1 unspecified atom stereocenters. The van der Waals surface area contributed by atoms with Gasteiger partial charge in [-0.15, -0.1) is 0 Å². The number of benzene rings is 1. The molecule has 0 aliphatic heterocycles. The average molecular weight is 282 g/mol. The van der Waals surface area contributed by atoms with E-state index in [1.54, 1.807) is 18.2 Å². The van der Waals surface area contributed by atoms with Crippen LogP contribution in [-0.2, 0) is 4.74 Å². The van der Waals surface area contributed by atoms with Crippen molar-refractivity contribution in [2.45, 2.75) is 26.4 Å². The van der Waals surface area contributed by atoms with Gasteiger partial charge in [-0.25, -0.2) is 0 Å². The first-order valence-electron chi connectivity index (χ1n) is 6.15. The quantitative estimate of drug-likeness (QED) is 0.850. The van der Waals surface area contributed by atoms with Crippen LogP contribution in [0.3, 0.4) is 0 Å². The van der Waals surface area contributed by atoms with Gasteiger partial charge in [0, 0.05) is 22.9 Å². The van der Waals surface area contributed by atoms with Gasteiger partial charge < -0.3 is 15.0 Å². The third-order valence-electron chi connectivity index (χ3n) is 2.64. The van der Waals surface area contributed by atoms with Crippen molar-refractivity contribution in [3.8, 4) is 11.5 Å². The maximum Gasteiger partial charge on any atom is 0.258 e. The number of hydrogen-bond acceptors (Lipinski definition) is 5. The van der Waals surface area contributed by atoms with Crippen LogP contribution in [0, 0.1) is 0 Å². The molecule has 1 heterocycles. The van der Waals surface area contributed by atoms with E-state index in [0.29, 0.717) is 34.6 Å². The van der Waals surface area contributed by atoms with Gasteiger partial charge in [0.25, 0.3) is 5.89 Å². The fourth-order valence-electron chi connectivity index (χ4n) is 1.79. The number of hydrogen-bond donors (Lipinski definition) is 1. The minimum absolute atomic E-state index is 0.154. The molecule has 102 valence electrons. The van der Waals surface area contributed by atoms with Crippen molar-refractivity contribution in [2.24, 2.45) is 0 Å². The van der Waals surface area contributed by atoms with Crippen molar-refractivity contribution in [3.05, 3.63) is 29.0 Å². The summed E-state index contributed by atoms with van der Waals surface area (Å²) in [6.45, 7) is 4.54. The maximum absolute atomic E-state index is 5.95. The van der Waals surface area contributed by atoms with Gasteiger partial charge in [-0.05, 0) is 31.5 Å². The first-order valence-corrected chi connectivity index (χ1v) is 6.53. The molecule has 0 aliphatic carbocycles. The summed E-state index contributed by atoms with van der Waals surface area (Å²) in [5.74, 6) is 0.931. The molecule has 1 aromatic carbocycles. The standard InChI is InChI=1S/C13H16ClN3O2/c1-3-11(18-4-2)12-16-13(19-17-12)8-5-9(14)7-10(15)6-8/h5-7,11H,3-4,15H2,1-2H3. The highest BCUT2D eigenvalue weighted by atomic mass is 35.5. The molecule has 0 saturated carbocycles. The molecule has 0 fully saturated rings. The lowest BCUT2D eigenvalue weighted by molar-refractivity contribution is 0.0518. The Hall–Kier alpha value is -1.59. The SMILES string of the molecule is CCOC(CC)c1noc(-c2cc(N)cc(Cl)c2)n1. The average Bonchev–Trinajstić information content (AvgIpc) is 2.84. The molecule has 2 aromatic rings. The predicted octanol–water partition coefficient (Wildman–Crippen LogP) is 3.46. The monoisotopic (exact) mass is 281 g/mol. The minimum atomic E-state index is -0.154. The van der Waals surface area contributed by atoms with Crippen molar-refractivity contribution in [2.75, 3.05) is 12.3 Å². The summed E-state index contributed by atoms with van der Waals surface area (Å²) < 4.78 is 10.8. The molecule has 0 amide bonds. The Labute approximate surface area is 116 Å². The van der Waals surface area contributed by atoms with Crippen LogP contribution in [-0.4, -0.2) is 16.7 Å². The number of anilines is 1. The van der Waals surface area contributed by atoms with Crippen molar-refractivity contribution in [3.63, 3.8) is 0 Å². The lowest BCUT2D eigenvalue weighted by Crippen LogP contribution is -2.04. The summed E-state index contributed by atoms with van der Waals surface area (Å²) >= 11 is 5.95. The Balaban J connectivity index is 2.29. The van der Waals surface area contributed by atoms with Crippen LogP contribution in [0.1, 0.15) is 32.2 Å². The topological polar surface area (TPSA) is 74.2 Å². The lowest BCUT2D eigenvalue weighted by Gasteiger charge is -2.09. The van der Waals surface area contributed by atoms with Crippen LogP contribution in [0.4, 0.5) is 5.69 Å². The summed E-state index contributed by atoms with van der Waals surface area (Å²) in [7, 11) is 0. The fourth-order valence-corrected chi connectivity index (χ4v) is 2.04. The molecule has 0 saturated heterocycles. The van der Waals surface area contributed by atoms with Gasteiger partial charge in [0.2, 0.25) is 5.82 Å². The molecule has 1 atom stereocenters. The van der Waals surface area contributed by atoms with Gasteiger partial charge >= 0.3 is 0 Å². The second-order valence-corrected chi connectivity index (χ2v) is 4.52. The van der Waals surface area contributed by atoms with Crippen LogP contribution in [0.15, 0.2) is 22.7 Å². The van der Waals surface area contributed by atoms with Crippen LogP contribution < -0.4 is 5.73 Å². The van der Waals surface area contributed by atoms with Gasteiger partial charge in [0.05, 0.1) is 0 Å². The molecule has 5 nitrogen and oxygen atoms in total. The van der Waals surface area contributed by atoms with E-state index in [9.17, 15) is 0 Å². The molecule has 19 heavy (non-hydrogen) atoms. The summed E-state index contributed by atoms with van der Waals surface area (Å²) in [4.78, 5) is 4.34. The van der Waals surface area contributed by atoms with Crippen molar-refractivity contribution in [1.82, 2.24) is 10.1 Å². The van der Waals surface area contributed by atoms with E-state index in [1.165, 1.54) is 0 Å². The Morgan fingerprint density at radius 3 is 2.79 bits per heavy atom. The first-order chi connectivity index (χ1) is 9.13. The van der Waals surface area contributed by atoms with E-state index in [0.717, 1.165) is 6.42 Å². The molecule has 0 bridgehead atoms. The molecule has 2 rings (SSSR count). The Morgan fingerprint density at radius 1 is 1.37 bits per heavy atom. The van der Waals surface area contributed by atoms with Crippen molar-refractivity contribution >= 4 is 17.3 Å². The van der Waals surface area contributed by atoms with Crippen LogP contribution in [0.5, 0.6) is 0 Å². The third kappa shape index (κ3) is 3.24. The number of nitrogens with two attached hydrogens (primary N) is 1. The molecule has 2 N–H and O–H groups in total. The summed E-state index contributed by atoms with van der Waals surface area (Å²) in [6, 6.07) is 5.14. The first kappa shape index (κ1) is 13.8. The molecule has 0 radical (unpaired) electrons. The van der Waals surface area contributed by atoms with E-state index >= 15 is 0 Å². The normalized spacial score (nSPS) is 12.6. The highest BCUT2D eigenvalue weighted by molar-refractivity contribution is 6.31. The highest BCUT2D eigenvalue weighted by Gasteiger charge is 2.17. The zero-order valence-electron chi connectivity index (χ0n) is 10.9. The zero-order valence-corrected chi connectivity index (χ0v) is 11.6. The van der Waals surface area contributed by atoms with Crippen molar-refractivity contribution in [1.29, 1.82) is 0 Å². The fraction of sp³-hybridized carbons (Fsp3) is 0.385.